The summed E-state index contributed by atoms with van der Waals surface area (Å²) in [5.74, 6) is 1.09. The fourth-order valence-electron chi connectivity index (χ4n) is 3.65. The van der Waals surface area contributed by atoms with Gasteiger partial charge in [-0.1, -0.05) is 41.9 Å². The monoisotopic (exact) mass is 448 g/mol. The van der Waals surface area contributed by atoms with Crippen LogP contribution >= 0.6 is 11.6 Å². The Bertz CT molecular complexity index is 1230. The summed E-state index contributed by atoms with van der Waals surface area (Å²) in [7, 11) is 0. The minimum Gasteiger partial charge on any atom is -0.508 e. The van der Waals surface area contributed by atoms with Crippen molar-refractivity contribution >= 4 is 11.6 Å². The van der Waals surface area contributed by atoms with Gasteiger partial charge in [0.2, 0.25) is 5.88 Å². The highest BCUT2D eigenvalue weighted by Crippen LogP contribution is 2.45. The topological polar surface area (TPSA) is 97.7 Å². The molecule has 3 aromatic rings. The van der Waals surface area contributed by atoms with Gasteiger partial charge in [0.05, 0.1) is 12.5 Å². The first-order valence-corrected chi connectivity index (χ1v) is 10.4. The molecule has 4 rings (SSSR count). The summed E-state index contributed by atoms with van der Waals surface area (Å²) in [6.07, 6.45) is 0. The number of nitriles is 1. The van der Waals surface area contributed by atoms with Crippen LogP contribution in [0.4, 0.5) is 0 Å². The zero-order valence-corrected chi connectivity index (χ0v) is 18.1. The van der Waals surface area contributed by atoms with Crippen LogP contribution in [0.3, 0.4) is 0 Å². The molecule has 3 aromatic carbocycles. The molecular weight excluding hydrogens is 428 g/mol. The number of ether oxygens (including phenoxy) is 3. The zero-order valence-electron chi connectivity index (χ0n) is 17.3. The Morgan fingerprint density at radius 3 is 2.66 bits per heavy atom. The smallest absolute Gasteiger partial charge is 0.205 e. The Kier molecular flexibility index (Phi) is 6.11. The van der Waals surface area contributed by atoms with Crippen molar-refractivity contribution in [2.75, 3.05) is 6.61 Å². The van der Waals surface area contributed by atoms with E-state index >= 15 is 0 Å². The van der Waals surface area contributed by atoms with E-state index in [1.165, 1.54) is 6.07 Å². The number of phenolic OH excluding ortho intramolecular Hbond substituents is 1. The lowest BCUT2D eigenvalue weighted by Crippen LogP contribution is -2.21. The summed E-state index contributed by atoms with van der Waals surface area (Å²) in [4.78, 5) is 0. The summed E-state index contributed by atoms with van der Waals surface area (Å²) in [5.41, 5.74) is 8.68. The van der Waals surface area contributed by atoms with Gasteiger partial charge in [0.25, 0.3) is 0 Å². The van der Waals surface area contributed by atoms with E-state index < -0.39 is 5.92 Å². The number of hydrogen-bond donors (Lipinski definition) is 2. The lowest BCUT2D eigenvalue weighted by Gasteiger charge is -2.27. The van der Waals surface area contributed by atoms with Gasteiger partial charge in [0.15, 0.2) is 11.5 Å². The molecule has 1 aliphatic heterocycles. The van der Waals surface area contributed by atoms with Crippen LogP contribution in [0.15, 0.2) is 72.1 Å². The van der Waals surface area contributed by atoms with Crippen molar-refractivity contribution in [2.24, 2.45) is 5.73 Å². The highest BCUT2D eigenvalue weighted by atomic mass is 35.5. The third-order valence-electron chi connectivity index (χ3n) is 5.14. The van der Waals surface area contributed by atoms with E-state index in [-0.39, 0.29) is 23.8 Å². The van der Waals surface area contributed by atoms with Gasteiger partial charge in [-0.25, -0.2) is 0 Å². The van der Waals surface area contributed by atoms with E-state index in [1.54, 1.807) is 18.2 Å². The van der Waals surface area contributed by atoms with Crippen molar-refractivity contribution in [3.8, 4) is 29.1 Å². The van der Waals surface area contributed by atoms with Crippen LogP contribution in [0.5, 0.6) is 23.0 Å². The number of allylic oxidation sites excluding steroid dienone is 1. The van der Waals surface area contributed by atoms with Crippen LogP contribution in [0.1, 0.15) is 29.5 Å². The fraction of sp³-hybridized carbons (Fsp3) is 0.160. The average Bonchev–Trinajstić information content (AvgIpc) is 2.78. The quantitative estimate of drug-likeness (QED) is 0.535. The number of nitrogens with zero attached hydrogens (tertiary/aromatic N) is 1. The minimum atomic E-state index is -0.471. The summed E-state index contributed by atoms with van der Waals surface area (Å²) in [6, 6.07) is 19.9. The van der Waals surface area contributed by atoms with Crippen molar-refractivity contribution in [3.05, 3.63) is 93.8 Å². The van der Waals surface area contributed by atoms with Gasteiger partial charge in [0, 0.05) is 22.2 Å². The molecule has 0 aliphatic carbocycles. The Hall–Kier alpha value is -3.82. The van der Waals surface area contributed by atoms with Crippen molar-refractivity contribution in [2.45, 2.75) is 19.4 Å². The van der Waals surface area contributed by atoms with Crippen molar-refractivity contribution in [1.82, 2.24) is 0 Å². The number of rotatable bonds is 6. The normalized spacial score (nSPS) is 14.8. The molecule has 0 radical (unpaired) electrons. The minimum absolute atomic E-state index is 0.00704. The molecule has 0 bridgehead atoms. The molecule has 0 aromatic heterocycles. The summed E-state index contributed by atoms with van der Waals surface area (Å²) < 4.78 is 17.4. The van der Waals surface area contributed by atoms with Crippen LogP contribution in [-0.4, -0.2) is 11.7 Å². The standard InChI is InChI=1S/C25H21ClN2O4/c1-2-30-23-11-15(7-10-21(23)31-14-16-5-3-4-6-20(16)26)24-18-9-8-17(29)12-22(18)32-25(28)19(24)13-27/h3-12,24,29H,2,14,28H2,1H3/t24-/m0/s1. The predicted molar refractivity (Wildman–Crippen MR) is 121 cm³/mol. The number of benzene rings is 3. The second-order valence-electron chi connectivity index (χ2n) is 7.17. The molecule has 0 fully saturated rings. The van der Waals surface area contributed by atoms with Crippen molar-refractivity contribution in [3.63, 3.8) is 0 Å². The van der Waals surface area contributed by atoms with Gasteiger partial charge in [-0.15, -0.1) is 0 Å². The average molecular weight is 449 g/mol. The third-order valence-corrected chi connectivity index (χ3v) is 5.51. The zero-order chi connectivity index (χ0) is 22.7. The molecule has 32 heavy (non-hydrogen) atoms. The summed E-state index contributed by atoms with van der Waals surface area (Å²) >= 11 is 6.23. The third kappa shape index (κ3) is 4.16. The predicted octanol–water partition coefficient (Wildman–Crippen LogP) is 5.24. The molecule has 7 heteroatoms. The van der Waals surface area contributed by atoms with Crippen LogP contribution in [-0.2, 0) is 6.61 Å². The molecule has 1 aliphatic rings. The maximum absolute atomic E-state index is 9.83. The van der Waals surface area contributed by atoms with E-state index in [1.807, 2.05) is 43.3 Å². The van der Waals surface area contributed by atoms with Crippen LogP contribution in [0.25, 0.3) is 0 Å². The van der Waals surface area contributed by atoms with Gasteiger partial charge < -0.3 is 25.1 Å². The molecular formula is C25H21ClN2O4. The first kappa shape index (κ1) is 21.4. The number of nitrogens with two attached hydrogens (primary N) is 1. The van der Waals surface area contributed by atoms with E-state index in [0.717, 1.165) is 16.7 Å². The Balaban J connectivity index is 1.72. The lowest BCUT2D eigenvalue weighted by atomic mass is 9.83. The number of aromatic hydroxyl groups is 1. The largest absolute Gasteiger partial charge is 0.508 e. The number of phenols is 1. The Labute approximate surface area is 191 Å². The molecule has 0 spiro atoms. The number of hydrogen-bond acceptors (Lipinski definition) is 6. The molecule has 1 heterocycles. The SMILES string of the molecule is CCOc1cc([C@@H]2C(C#N)=C(N)Oc3cc(O)ccc32)ccc1OCc1ccccc1Cl. The second-order valence-corrected chi connectivity index (χ2v) is 7.57. The van der Waals surface area contributed by atoms with E-state index in [4.69, 9.17) is 31.5 Å². The fourth-order valence-corrected chi connectivity index (χ4v) is 3.84. The van der Waals surface area contributed by atoms with Crippen LogP contribution in [0, 0.1) is 11.3 Å². The van der Waals surface area contributed by atoms with Gasteiger partial charge >= 0.3 is 0 Å². The Morgan fingerprint density at radius 2 is 1.91 bits per heavy atom. The number of halogens is 1. The first-order chi connectivity index (χ1) is 15.5. The van der Waals surface area contributed by atoms with E-state index in [2.05, 4.69) is 6.07 Å². The summed E-state index contributed by atoms with van der Waals surface area (Å²) in [5, 5.41) is 20.2. The second kappa shape index (κ2) is 9.13. The van der Waals surface area contributed by atoms with Gasteiger partial charge in [0.1, 0.15) is 29.7 Å². The van der Waals surface area contributed by atoms with Gasteiger partial charge in [-0.2, -0.15) is 5.26 Å². The van der Waals surface area contributed by atoms with E-state index in [9.17, 15) is 10.4 Å². The molecule has 1 atom stereocenters. The lowest BCUT2D eigenvalue weighted by molar-refractivity contribution is 0.269. The molecule has 162 valence electrons. The number of fused-ring (bicyclic) bond motifs is 1. The highest BCUT2D eigenvalue weighted by molar-refractivity contribution is 6.31. The van der Waals surface area contributed by atoms with E-state index in [0.29, 0.717) is 28.9 Å². The molecule has 0 unspecified atom stereocenters. The molecule has 0 amide bonds. The summed E-state index contributed by atoms with van der Waals surface area (Å²) in [6.45, 7) is 2.61. The molecule has 6 nitrogen and oxygen atoms in total. The van der Waals surface area contributed by atoms with Crippen LogP contribution < -0.4 is 19.9 Å². The molecule has 3 N–H and O–H groups in total. The maximum atomic E-state index is 9.83. The van der Waals surface area contributed by atoms with Gasteiger partial charge in [-0.05, 0) is 36.8 Å². The first-order valence-electron chi connectivity index (χ1n) is 10.0. The van der Waals surface area contributed by atoms with Crippen molar-refractivity contribution < 1.29 is 19.3 Å². The highest BCUT2D eigenvalue weighted by Gasteiger charge is 2.31. The molecule has 0 saturated heterocycles. The van der Waals surface area contributed by atoms with Crippen LogP contribution in [0.2, 0.25) is 5.02 Å². The molecule has 0 saturated carbocycles. The van der Waals surface area contributed by atoms with Gasteiger partial charge in [-0.3, -0.25) is 0 Å². The maximum Gasteiger partial charge on any atom is 0.205 e. The Morgan fingerprint density at radius 1 is 1.09 bits per heavy atom. The van der Waals surface area contributed by atoms with Crippen molar-refractivity contribution in [1.29, 1.82) is 5.26 Å².